The Hall–Kier alpha value is 0.204. The zero-order valence-corrected chi connectivity index (χ0v) is 3.70. The largest absolute Gasteiger partial charge is 0.668 e. The summed E-state index contributed by atoms with van der Waals surface area (Å²) in [5, 5.41) is 0. The number of hydrogen-bond acceptors (Lipinski definition) is 4. The van der Waals surface area contributed by atoms with Crippen LogP contribution >= 0.6 is 0 Å². The van der Waals surface area contributed by atoms with Crippen LogP contribution in [0.2, 0.25) is 0 Å². The molecule has 0 aliphatic heterocycles. The van der Waals surface area contributed by atoms with Gasteiger partial charge in [0.15, 0.2) is 0 Å². The molecule has 4 nitrogen and oxygen atoms in total. The third-order valence-electron chi connectivity index (χ3n) is 0. The van der Waals surface area contributed by atoms with Gasteiger partial charge in [0.1, 0.15) is 0 Å². The first-order valence-electron chi connectivity index (χ1n) is 0.894. The van der Waals surface area contributed by atoms with Gasteiger partial charge in [-0.3, -0.25) is 4.70 Å². The third kappa shape index (κ3) is 2640. The lowest BCUT2D eigenvalue weighted by atomic mass is 15.7. The lowest BCUT2D eigenvalue weighted by Crippen LogP contribution is -2.33. The molecule has 0 aromatic rings. The van der Waals surface area contributed by atoms with Crippen molar-refractivity contribution in [1.29, 1.82) is 0 Å². The molecule has 7 heavy (non-hydrogen) atoms. The van der Waals surface area contributed by atoms with Crippen molar-refractivity contribution in [3.63, 3.8) is 0 Å². The average molecular weight is 148 g/mol. The standard InChI is InChI=1S/FH.H4O4Si.H4Si/c;1-5(2,3)4;/h1H;1-4H;1H4. The molecule has 0 aromatic heterocycles. The first-order chi connectivity index (χ1) is 2.00. The predicted octanol–water partition coefficient (Wildman–Crippen LogP) is -3.91. The monoisotopic (exact) mass is 148 g/mol. The van der Waals surface area contributed by atoms with E-state index in [2.05, 4.69) is 0 Å². The van der Waals surface area contributed by atoms with Gasteiger partial charge in [-0.15, -0.1) is 0 Å². The van der Waals surface area contributed by atoms with Crippen LogP contribution in [0.4, 0.5) is 4.70 Å². The Morgan fingerprint density at radius 3 is 0.857 bits per heavy atom. The van der Waals surface area contributed by atoms with Gasteiger partial charge < -0.3 is 19.2 Å². The molecule has 0 atom stereocenters. The summed E-state index contributed by atoms with van der Waals surface area (Å²) >= 11 is 0. The highest BCUT2D eigenvalue weighted by Gasteiger charge is 2.22. The molecule has 0 saturated carbocycles. The molecule has 0 amide bonds. The molecular formula is H9FO4Si2. The SMILES string of the molecule is F.O[Si](O)(O)O.[SiH4]. The molecule has 4 N–H and O–H groups in total. The van der Waals surface area contributed by atoms with Gasteiger partial charge in [0.05, 0.1) is 0 Å². The molecule has 0 saturated heterocycles. The minimum atomic E-state index is -4.61. The Morgan fingerprint density at radius 1 is 0.857 bits per heavy atom. The quantitative estimate of drug-likeness (QED) is 0.265. The Bertz CT molecular complexity index is 25.2. The summed E-state index contributed by atoms with van der Waals surface area (Å²) < 4.78 is 0. The molecular weight excluding hydrogens is 139 g/mol. The van der Waals surface area contributed by atoms with Gasteiger partial charge in [-0.2, -0.15) is 0 Å². The summed E-state index contributed by atoms with van der Waals surface area (Å²) in [5.41, 5.74) is 0. The number of halogens is 1. The van der Waals surface area contributed by atoms with Crippen molar-refractivity contribution >= 4 is 20.0 Å². The molecule has 0 bridgehead atoms. The van der Waals surface area contributed by atoms with E-state index in [1.54, 1.807) is 0 Å². The minimum Gasteiger partial charge on any atom is -0.368 e. The van der Waals surface area contributed by atoms with Crippen LogP contribution in [0.5, 0.6) is 0 Å². The fraction of sp³-hybridized carbons (Fsp3) is 0. The molecule has 0 fully saturated rings. The fourth-order valence-corrected chi connectivity index (χ4v) is 0. The molecule has 0 aromatic carbocycles. The van der Waals surface area contributed by atoms with E-state index >= 15 is 0 Å². The fourth-order valence-electron chi connectivity index (χ4n) is 0. The lowest BCUT2D eigenvalue weighted by molar-refractivity contribution is 0.117. The predicted molar refractivity (Wildman–Crippen MR) is 28.5 cm³/mol. The van der Waals surface area contributed by atoms with Gasteiger partial charge in [0, 0.05) is 0 Å². The van der Waals surface area contributed by atoms with Gasteiger partial charge in [-0.1, -0.05) is 0 Å². The molecule has 7 heteroatoms. The zero-order chi connectivity index (χ0) is 4.50. The second-order valence-electron chi connectivity index (χ2n) is 0.600. The van der Waals surface area contributed by atoms with Gasteiger partial charge in [0.25, 0.3) is 0 Å². The molecule has 48 valence electrons. The average Bonchev–Trinajstić information content (AvgIpc) is 0.722. The summed E-state index contributed by atoms with van der Waals surface area (Å²) in [6, 6.07) is 0. The van der Waals surface area contributed by atoms with Crippen LogP contribution in [-0.2, 0) is 0 Å². The molecule has 0 rings (SSSR count). The highest BCUT2D eigenvalue weighted by molar-refractivity contribution is 6.46. The van der Waals surface area contributed by atoms with Crippen molar-refractivity contribution in [2.24, 2.45) is 0 Å². The molecule has 0 spiro atoms. The summed E-state index contributed by atoms with van der Waals surface area (Å²) in [5.74, 6) is 0. The first kappa shape index (κ1) is 15.7. The van der Waals surface area contributed by atoms with E-state index in [1.807, 2.05) is 0 Å². The second kappa shape index (κ2) is 4.36. The number of rotatable bonds is 0. The topological polar surface area (TPSA) is 80.9 Å². The van der Waals surface area contributed by atoms with E-state index in [4.69, 9.17) is 19.2 Å². The van der Waals surface area contributed by atoms with Crippen LogP contribution in [0.25, 0.3) is 0 Å². The van der Waals surface area contributed by atoms with Gasteiger partial charge >= 0.3 is 9.05 Å². The van der Waals surface area contributed by atoms with E-state index in [9.17, 15) is 0 Å². The van der Waals surface area contributed by atoms with Gasteiger partial charge in [0.2, 0.25) is 0 Å². The summed E-state index contributed by atoms with van der Waals surface area (Å²) in [7, 11) is -4.61. The Balaban J connectivity index is -0.0000000800. The van der Waals surface area contributed by atoms with Crippen LogP contribution in [0.1, 0.15) is 0 Å². The summed E-state index contributed by atoms with van der Waals surface area (Å²) in [6.07, 6.45) is 0. The summed E-state index contributed by atoms with van der Waals surface area (Å²) in [6.45, 7) is 0. The number of hydrogen-bond donors (Lipinski definition) is 4. The second-order valence-corrected chi connectivity index (χ2v) is 1.80. The first-order valence-corrected chi connectivity index (χ1v) is 2.68. The van der Waals surface area contributed by atoms with E-state index in [0.717, 1.165) is 0 Å². The smallest absolute Gasteiger partial charge is 0.368 e. The van der Waals surface area contributed by atoms with Crippen LogP contribution in [0, 0.1) is 0 Å². The van der Waals surface area contributed by atoms with Crippen molar-refractivity contribution in [2.75, 3.05) is 0 Å². The maximum Gasteiger partial charge on any atom is 0.668 e. The van der Waals surface area contributed by atoms with Crippen molar-refractivity contribution < 1.29 is 23.9 Å². The Kier molecular flexibility index (Phi) is 9.78. The van der Waals surface area contributed by atoms with E-state index in [1.165, 1.54) is 0 Å². The third-order valence-corrected chi connectivity index (χ3v) is 0. The molecule has 0 unspecified atom stereocenters. The van der Waals surface area contributed by atoms with Crippen LogP contribution < -0.4 is 0 Å². The van der Waals surface area contributed by atoms with E-state index in [-0.39, 0.29) is 15.7 Å². The molecule has 0 aliphatic rings. The Morgan fingerprint density at radius 2 is 0.857 bits per heavy atom. The molecule has 0 radical (unpaired) electrons. The van der Waals surface area contributed by atoms with Crippen LogP contribution in [0.15, 0.2) is 0 Å². The van der Waals surface area contributed by atoms with Crippen molar-refractivity contribution in [3.05, 3.63) is 0 Å². The maximum atomic E-state index is 7.33. The molecule has 0 aliphatic carbocycles. The van der Waals surface area contributed by atoms with Gasteiger partial charge in [-0.25, -0.2) is 0 Å². The highest BCUT2D eigenvalue weighted by atomic mass is 28.4. The summed E-state index contributed by atoms with van der Waals surface area (Å²) in [4.78, 5) is 29.3. The van der Waals surface area contributed by atoms with Crippen molar-refractivity contribution in [2.45, 2.75) is 0 Å². The highest BCUT2D eigenvalue weighted by Crippen LogP contribution is 1.67. The minimum absolute atomic E-state index is 0. The Labute approximate surface area is 44.9 Å². The zero-order valence-electron chi connectivity index (χ0n) is 2.70. The van der Waals surface area contributed by atoms with Crippen LogP contribution in [0.3, 0.4) is 0 Å². The van der Waals surface area contributed by atoms with Crippen LogP contribution in [-0.4, -0.2) is 39.2 Å². The van der Waals surface area contributed by atoms with Crippen molar-refractivity contribution in [3.8, 4) is 0 Å². The van der Waals surface area contributed by atoms with E-state index in [0.29, 0.717) is 0 Å². The normalized spacial score (nSPS) is 8.57. The van der Waals surface area contributed by atoms with Crippen molar-refractivity contribution in [1.82, 2.24) is 0 Å². The lowest BCUT2D eigenvalue weighted by Gasteiger charge is -1.91. The van der Waals surface area contributed by atoms with E-state index < -0.39 is 9.05 Å². The molecule has 0 heterocycles. The van der Waals surface area contributed by atoms with Gasteiger partial charge in [-0.05, 0) is 11.0 Å². The maximum absolute atomic E-state index is 7.33.